The highest BCUT2D eigenvalue weighted by Crippen LogP contribution is 2.25. The van der Waals surface area contributed by atoms with Gasteiger partial charge < -0.3 is 11.1 Å². The summed E-state index contributed by atoms with van der Waals surface area (Å²) in [7, 11) is -2.54. The molecule has 0 atom stereocenters. The maximum atomic E-state index is 10.4. The van der Waals surface area contributed by atoms with E-state index in [1.165, 1.54) is 5.56 Å². The number of nitrogen functional groups attached to an aromatic ring is 1. The lowest BCUT2D eigenvalue weighted by Crippen LogP contribution is -2.16. The minimum Gasteiger partial charge on any atom is -0.370 e. The first-order chi connectivity index (χ1) is 11.0. The van der Waals surface area contributed by atoms with Gasteiger partial charge >= 0.3 is 0 Å². The first kappa shape index (κ1) is 17.2. The van der Waals surface area contributed by atoms with Crippen molar-refractivity contribution in [3.05, 3.63) is 35.4 Å². The molecular weight excluding hydrogens is 314 g/mol. The molecule has 0 saturated carbocycles. The molecule has 23 heavy (non-hydrogen) atoms. The number of aromatic nitrogens is 2. The van der Waals surface area contributed by atoms with Crippen LogP contribution in [0.3, 0.4) is 0 Å². The number of hydrogen-bond donors (Lipinski definition) is 4. The number of nitrogens with two attached hydrogens (primary N) is 1. The summed E-state index contributed by atoms with van der Waals surface area (Å²) in [6, 6.07) is 7.89. The summed E-state index contributed by atoms with van der Waals surface area (Å²) < 4.78 is 23.2. The highest BCUT2D eigenvalue weighted by molar-refractivity contribution is 7.70. The molecule has 0 bridgehead atoms. The summed E-state index contributed by atoms with van der Waals surface area (Å²) in [5, 5.41) is 3.14. The second-order valence-electron chi connectivity index (χ2n) is 5.19. The SMILES string of the molecule is Cc1cccc(-c2cc(NCCCN[SH](=O)=O)nc(N)n2)c1C. The van der Waals surface area contributed by atoms with Crippen LogP contribution in [0.15, 0.2) is 24.3 Å². The monoisotopic (exact) mass is 335 g/mol. The van der Waals surface area contributed by atoms with Crippen molar-refractivity contribution < 1.29 is 8.42 Å². The number of thiol groups is 1. The van der Waals surface area contributed by atoms with Crippen molar-refractivity contribution in [2.24, 2.45) is 0 Å². The molecule has 124 valence electrons. The largest absolute Gasteiger partial charge is 0.370 e. The van der Waals surface area contributed by atoms with E-state index in [-0.39, 0.29) is 5.95 Å². The number of rotatable bonds is 7. The zero-order valence-electron chi connectivity index (χ0n) is 13.2. The molecule has 0 saturated heterocycles. The summed E-state index contributed by atoms with van der Waals surface area (Å²) >= 11 is 0. The van der Waals surface area contributed by atoms with Gasteiger partial charge in [0.15, 0.2) is 0 Å². The van der Waals surface area contributed by atoms with Crippen molar-refractivity contribution in [1.82, 2.24) is 14.7 Å². The van der Waals surface area contributed by atoms with E-state index in [4.69, 9.17) is 5.73 Å². The van der Waals surface area contributed by atoms with Gasteiger partial charge in [-0.05, 0) is 31.4 Å². The van der Waals surface area contributed by atoms with Gasteiger partial charge in [-0.15, -0.1) is 0 Å². The van der Waals surface area contributed by atoms with Crippen LogP contribution in [0.4, 0.5) is 11.8 Å². The van der Waals surface area contributed by atoms with Crippen molar-refractivity contribution in [3.63, 3.8) is 0 Å². The third-order valence-electron chi connectivity index (χ3n) is 3.52. The van der Waals surface area contributed by atoms with Crippen molar-refractivity contribution in [2.45, 2.75) is 20.3 Å². The van der Waals surface area contributed by atoms with Gasteiger partial charge in [-0.2, -0.15) is 4.98 Å². The second kappa shape index (κ2) is 7.89. The van der Waals surface area contributed by atoms with Crippen LogP contribution < -0.4 is 15.8 Å². The Balaban J connectivity index is 2.11. The molecule has 2 rings (SSSR count). The number of nitrogens with one attached hydrogen (secondary N) is 2. The second-order valence-corrected chi connectivity index (χ2v) is 6.02. The highest BCUT2D eigenvalue weighted by atomic mass is 32.2. The fourth-order valence-corrected chi connectivity index (χ4v) is 2.54. The van der Waals surface area contributed by atoms with Gasteiger partial charge in [-0.3, -0.25) is 0 Å². The van der Waals surface area contributed by atoms with Gasteiger partial charge in [-0.25, -0.2) is 18.1 Å². The fraction of sp³-hybridized carbons (Fsp3) is 0.333. The average Bonchev–Trinajstić information content (AvgIpc) is 2.49. The number of aryl methyl sites for hydroxylation is 1. The zero-order chi connectivity index (χ0) is 16.8. The Morgan fingerprint density at radius 2 is 1.96 bits per heavy atom. The van der Waals surface area contributed by atoms with E-state index >= 15 is 0 Å². The van der Waals surface area contributed by atoms with Gasteiger partial charge in [0, 0.05) is 24.7 Å². The van der Waals surface area contributed by atoms with Crippen LogP contribution in [0, 0.1) is 13.8 Å². The maximum absolute atomic E-state index is 10.4. The summed E-state index contributed by atoms with van der Waals surface area (Å²) in [6.45, 7) is 5.07. The van der Waals surface area contributed by atoms with Gasteiger partial charge in [0.05, 0.1) is 5.69 Å². The van der Waals surface area contributed by atoms with Crippen LogP contribution in [0.2, 0.25) is 0 Å². The number of anilines is 2. The molecule has 0 radical (unpaired) electrons. The Hall–Kier alpha value is -2.19. The van der Waals surface area contributed by atoms with Crippen molar-refractivity contribution in [1.29, 1.82) is 0 Å². The van der Waals surface area contributed by atoms with Gasteiger partial charge in [0.25, 0.3) is 0 Å². The fourth-order valence-electron chi connectivity index (χ4n) is 2.20. The molecule has 0 aliphatic heterocycles. The molecule has 0 amide bonds. The average molecular weight is 335 g/mol. The van der Waals surface area contributed by atoms with E-state index in [0.29, 0.717) is 25.3 Å². The summed E-state index contributed by atoms with van der Waals surface area (Å²) in [4.78, 5) is 8.47. The maximum Gasteiger partial charge on any atom is 0.222 e. The molecule has 0 aliphatic carbocycles. The third kappa shape index (κ3) is 4.90. The first-order valence-corrected chi connectivity index (χ1v) is 8.48. The number of hydrogen-bond acceptors (Lipinski definition) is 6. The summed E-state index contributed by atoms with van der Waals surface area (Å²) in [5.41, 5.74) is 9.93. The lowest BCUT2D eigenvalue weighted by Gasteiger charge is -2.11. The standard InChI is InChI=1S/C15H21N5O2S/c1-10-5-3-6-12(11(10)2)13-9-14(20-15(16)19-13)17-7-4-8-18-23(21)22/h3,5-6,9,23H,4,7-8H2,1-2H3,(H,18,21,22)(H3,16,17,19,20). The Bertz CT molecular complexity index is 754. The molecule has 2 aromatic rings. The van der Waals surface area contributed by atoms with Crippen LogP contribution in [-0.2, 0) is 10.9 Å². The molecule has 0 unspecified atom stereocenters. The molecule has 1 aromatic heterocycles. The van der Waals surface area contributed by atoms with Crippen LogP contribution in [0.25, 0.3) is 11.3 Å². The van der Waals surface area contributed by atoms with E-state index in [9.17, 15) is 8.42 Å². The van der Waals surface area contributed by atoms with Crippen LogP contribution >= 0.6 is 0 Å². The van der Waals surface area contributed by atoms with Crippen LogP contribution in [0.5, 0.6) is 0 Å². The summed E-state index contributed by atoms with van der Waals surface area (Å²) in [5.74, 6) is 0.826. The Kier molecular flexibility index (Phi) is 5.89. The predicted molar refractivity (Wildman–Crippen MR) is 92.8 cm³/mol. The van der Waals surface area contributed by atoms with Crippen molar-refractivity contribution in [3.8, 4) is 11.3 Å². The van der Waals surface area contributed by atoms with E-state index in [0.717, 1.165) is 16.8 Å². The smallest absolute Gasteiger partial charge is 0.222 e. The lowest BCUT2D eigenvalue weighted by molar-refractivity contribution is 0.600. The first-order valence-electron chi connectivity index (χ1n) is 7.30. The van der Waals surface area contributed by atoms with Crippen molar-refractivity contribution in [2.75, 3.05) is 24.1 Å². The quantitative estimate of drug-likeness (QED) is 0.448. The molecular formula is C15H21N5O2S. The van der Waals surface area contributed by atoms with E-state index in [1.54, 1.807) is 0 Å². The minimum atomic E-state index is -2.54. The third-order valence-corrected chi connectivity index (χ3v) is 4.01. The van der Waals surface area contributed by atoms with Crippen molar-refractivity contribution >= 4 is 22.7 Å². The minimum absolute atomic E-state index is 0.201. The molecule has 1 heterocycles. The van der Waals surface area contributed by atoms with Gasteiger partial charge in [-0.1, -0.05) is 18.2 Å². The lowest BCUT2D eigenvalue weighted by atomic mass is 10.0. The van der Waals surface area contributed by atoms with Crippen LogP contribution in [0.1, 0.15) is 17.5 Å². The van der Waals surface area contributed by atoms with Gasteiger partial charge in [0.1, 0.15) is 5.82 Å². The Morgan fingerprint density at radius 3 is 2.70 bits per heavy atom. The molecule has 0 spiro atoms. The number of benzene rings is 1. The predicted octanol–water partition coefficient (Wildman–Crippen LogP) is 1.26. The molecule has 1 aromatic carbocycles. The molecule has 0 aliphatic rings. The van der Waals surface area contributed by atoms with Gasteiger partial charge in [0.2, 0.25) is 16.8 Å². The molecule has 4 N–H and O–H groups in total. The zero-order valence-corrected chi connectivity index (χ0v) is 14.1. The molecule has 0 fully saturated rings. The highest BCUT2D eigenvalue weighted by Gasteiger charge is 2.08. The van der Waals surface area contributed by atoms with E-state index in [2.05, 4.69) is 33.0 Å². The normalized spacial score (nSPS) is 10.9. The molecule has 7 nitrogen and oxygen atoms in total. The summed E-state index contributed by atoms with van der Waals surface area (Å²) in [6.07, 6.45) is 0.645. The number of nitrogens with zero attached hydrogens (tertiary/aromatic N) is 2. The van der Waals surface area contributed by atoms with E-state index < -0.39 is 10.9 Å². The van der Waals surface area contributed by atoms with Crippen LogP contribution in [-0.4, -0.2) is 31.5 Å². The topological polar surface area (TPSA) is 110 Å². The molecule has 8 heteroatoms. The Labute approximate surface area is 137 Å². The Morgan fingerprint density at radius 1 is 1.17 bits per heavy atom. The van der Waals surface area contributed by atoms with E-state index in [1.807, 2.05) is 25.1 Å².